The van der Waals surface area contributed by atoms with Crippen molar-refractivity contribution in [1.29, 1.82) is 0 Å². The van der Waals surface area contributed by atoms with Gasteiger partial charge in [0.25, 0.3) is 0 Å². The van der Waals surface area contributed by atoms with Crippen LogP contribution in [-0.2, 0) is 15.7 Å². The third-order valence-electron chi connectivity index (χ3n) is 7.71. The lowest BCUT2D eigenvalue weighted by molar-refractivity contribution is -0.140. The third-order valence-corrected chi connectivity index (χ3v) is 8.47. The molecule has 39 heavy (non-hydrogen) atoms. The van der Waals surface area contributed by atoms with Crippen LogP contribution in [0, 0.1) is 3.70 Å². The maximum absolute atomic E-state index is 14.1. The first-order valence-electron chi connectivity index (χ1n) is 13.0. The van der Waals surface area contributed by atoms with E-state index in [4.69, 9.17) is 24.7 Å². The first-order valence-corrected chi connectivity index (χ1v) is 14.1. The first-order chi connectivity index (χ1) is 18.9. The molecule has 3 unspecified atom stereocenters. The lowest BCUT2D eigenvalue weighted by atomic mass is 10.0. The number of alkyl halides is 3. The van der Waals surface area contributed by atoms with Gasteiger partial charge in [-0.15, -0.1) is 0 Å². The van der Waals surface area contributed by atoms with Crippen LogP contribution in [0.2, 0.25) is 0 Å². The lowest BCUT2D eigenvalue weighted by Gasteiger charge is -2.36. The minimum absolute atomic E-state index is 0.00198. The predicted molar refractivity (Wildman–Crippen MR) is 145 cm³/mol. The van der Waals surface area contributed by atoms with Crippen LogP contribution in [0.1, 0.15) is 44.0 Å². The average Bonchev–Trinajstić information content (AvgIpc) is 3.62. The smallest absolute Gasteiger partial charge is 0.377 e. The van der Waals surface area contributed by atoms with E-state index in [1.165, 1.54) is 18.3 Å². The predicted octanol–water partition coefficient (Wildman–Crippen LogP) is 5.37. The Morgan fingerprint density at radius 2 is 1.79 bits per heavy atom. The number of hydrogen-bond donors (Lipinski definition) is 0. The van der Waals surface area contributed by atoms with Crippen LogP contribution in [0.4, 0.5) is 19.0 Å². The molecule has 0 N–H and O–H groups in total. The molecule has 2 bridgehead atoms. The maximum Gasteiger partial charge on any atom is 0.433 e. The van der Waals surface area contributed by atoms with E-state index in [1.54, 1.807) is 15.4 Å². The second-order valence-electron chi connectivity index (χ2n) is 10.1. The number of rotatable bonds is 4. The lowest BCUT2D eigenvalue weighted by Crippen LogP contribution is -2.46. The van der Waals surface area contributed by atoms with Crippen molar-refractivity contribution in [2.75, 3.05) is 24.7 Å². The van der Waals surface area contributed by atoms with Gasteiger partial charge in [0.05, 0.1) is 30.7 Å². The van der Waals surface area contributed by atoms with Crippen molar-refractivity contribution >= 4 is 39.4 Å². The van der Waals surface area contributed by atoms with Crippen LogP contribution in [0.3, 0.4) is 0 Å². The summed E-state index contributed by atoms with van der Waals surface area (Å²) in [7, 11) is 0. The molecular formula is C26H25F3IN7O2. The molecule has 3 fully saturated rings. The Hall–Kier alpha value is -2.78. The monoisotopic (exact) mass is 651 g/mol. The zero-order valence-corrected chi connectivity index (χ0v) is 23.0. The van der Waals surface area contributed by atoms with Crippen molar-refractivity contribution in [3.63, 3.8) is 0 Å². The van der Waals surface area contributed by atoms with Gasteiger partial charge in [-0.2, -0.15) is 28.1 Å². The molecular weight excluding hydrogens is 626 g/mol. The van der Waals surface area contributed by atoms with Gasteiger partial charge in [-0.3, -0.25) is 4.98 Å². The summed E-state index contributed by atoms with van der Waals surface area (Å²) in [6.07, 6.45) is 3.10. The van der Waals surface area contributed by atoms with Gasteiger partial charge in [0.1, 0.15) is 15.7 Å². The Morgan fingerprint density at radius 1 is 0.974 bits per heavy atom. The Labute approximate surface area is 235 Å². The van der Waals surface area contributed by atoms with E-state index in [0.29, 0.717) is 51.8 Å². The van der Waals surface area contributed by atoms with Crippen LogP contribution >= 0.6 is 22.6 Å². The van der Waals surface area contributed by atoms with Gasteiger partial charge >= 0.3 is 6.18 Å². The number of hydrogen-bond acceptors (Lipinski definition) is 7. The van der Waals surface area contributed by atoms with E-state index in [2.05, 4.69) is 32.5 Å². The number of anilines is 1. The quantitative estimate of drug-likeness (QED) is 0.275. The van der Waals surface area contributed by atoms with Crippen LogP contribution in [0.25, 0.3) is 28.0 Å². The van der Waals surface area contributed by atoms with Crippen LogP contribution in [-0.4, -0.2) is 61.4 Å². The summed E-state index contributed by atoms with van der Waals surface area (Å²) < 4.78 is 57.9. The van der Waals surface area contributed by atoms with Gasteiger partial charge in [-0.05, 0) is 66.8 Å². The number of nitrogens with zero attached hydrogens (tertiary/aromatic N) is 7. The molecule has 9 nitrogen and oxygen atoms in total. The van der Waals surface area contributed by atoms with Crippen molar-refractivity contribution in [3.05, 3.63) is 46.1 Å². The van der Waals surface area contributed by atoms with E-state index in [-0.39, 0.29) is 23.9 Å². The molecule has 13 heteroatoms. The number of fused-ring (bicyclic) bond motifs is 3. The van der Waals surface area contributed by atoms with Crippen molar-refractivity contribution in [3.8, 4) is 16.9 Å². The van der Waals surface area contributed by atoms with Crippen LogP contribution in [0.5, 0.6) is 0 Å². The molecule has 7 rings (SSSR count). The molecule has 3 aliphatic rings. The highest BCUT2D eigenvalue weighted by Crippen LogP contribution is 2.42. The highest BCUT2D eigenvalue weighted by atomic mass is 127. The topological polar surface area (TPSA) is 83.1 Å². The standard InChI is InChI=1S/C26H25F3IN7O2/c27-26(28,29)23-17(4-3-9-31-23)18-12-20(36-15-6-7-16(36)14-38-13-15)32-25-22(18)24(30)34-37(25)19-8-10-35(33-19)21-5-1-2-11-39-21/h3-4,8-10,12,15-16,21H,1-2,5-7,11,13-14H2. The molecule has 0 radical (unpaired) electrons. The van der Waals surface area contributed by atoms with E-state index in [0.717, 1.165) is 32.1 Å². The molecule has 3 saturated heterocycles. The largest absolute Gasteiger partial charge is 0.433 e. The van der Waals surface area contributed by atoms with Crippen molar-refractivity contribution in [1.82, 2.24) is 29.5 Å². The number of halogens is 4. The first kappa shape index (κ1) is 25.2. The van der Waals surface area contributed by atoms with Crippen molar-refractivity contribution in [2.45, 2.75) is 56.6 Å². The molecule has 0 aromatic carbocycles. The fraction of sp³-hybridized carbons (Fsp3) is 0.462. The maximum atomic E-state index is 14.1. The number of ether oxygens (including phenoxy) is 2. The molecule has 3 aliphatic heterocycles. The zero-order chi connectivity index (χ0) is 26.7. The second kappa shape index (κ2) is 9.70. The highest BCUT2D eigenvalue weighted by Gasteiger charge is 2.40. The Balaban J connectivity index is 1.43. The van der Waals surface area contributed by atoms with Gasteiger partial charge in [-0.25, -0.2) is 9.67 Å². The zero-order valence-electron chi connectivity index (χ0n) is 20.8. The van der Waals surface area contributed by atoms with Gasteiger partial charge in [0.15, 0.2) is 17.2 Å². The molecule has 4 aromatic heterocycles. The molecule has 4 aromatic rings. The Morgan fingerprint density at radius 3 is 2.54 bits per heavy atom. The fourth-order valence-corrected chi connectivity index (χ4v) is 6.70. The van der Waals surface area contributed by atoms with Crippen molar-refractivity contribution in [2.24, 2.45) is 0 Å². The van der Waals surface area contributed by atoms with E-state index in [1.807, 2.05) is 12.3 Å². The number of aromatic nitrogens is 6. The summed E-state index contributed by atoms with van der Waals surface area (Å²) in [6, 6.07) is 6.82. The molecule has 0 spiro atoms. The summed E-state index contributed by atoms with van der Waals surface area (Å²) in [4.78, 5) is 11.0. The van der Waals surface area contributed by atoms with Crippen molar-refractivity contribution < 1.29 is 22.6 Å². The molecule has 204 valence electrons. The van der Waals surface area contributed by atoms with Gasteiger partial charge in [0, 0.05) is 36.2 Å². The summed E-state index contributed by atoms with van der Waals surface area (Å²) in [5.74, 6) is 1.14. The number of morpholine rings is 1. The van der Waals surface area contributed by atoms with Crippen LogP contribution in [0.15, 0.2) is 36.7 Å². The van der Waals surface area contributed by atoms with E-state index < -0.39 is 11.9 Å². The third kappa shape index (κ3) is 4.38. The molecule has 0 aliphatic carbocycles. The van der Waals surface area contributed by atoms with Gasteiger partial charge < -0.3 is 14.4 Å². The normalized spacial score (nSPS) is 23.6. The van der Waals surface area contributed by atoms with Crippen LogP contribution < -0.4 is 4.90 Å². The van der Waals surface area contributed by atoms with Gasteiger partial charge in [-0.1, -0.05) is 6.07 Å². The Kier molecular flexibility index (Phi) is 6.27. The molecule has 0 amide bonds. The highest BCUT2D eigenvalue weighted by molar-refractivity contribution is 14.1. The van der Waals surface area contributed by atoms with E-state index in [9.17, 15) is 13.2 Å². The summed E-state index contributed by atoms with van der Waals surface area (Å²) >= 11 is 2.06. The summed E-state index contributed by atoms with van der Waals surface area (Å²) in [5.41, 5.74) is -0.0925. The average molecular weight is 651 g/mol. The summed E-state index contributed by atoms with van der Waals surface area (Å²) in [5, 5.41) is 9.98. The summed E-state index contributed by atoms with van der Waals surface area (Å²) in [6.45, 7) is 1.81. The van der Waals surface area contributed by atoms with E-state index >= 15 is 0 Å². The minimum atomic E-state index is -4.62. The Bertz CT molecular complexity index is 1520. The SMILES string of the molecule is FC(F)(F)c1ncccc1-c1cc(N2C3CCC2COC3)nc2c1c(I)nn2-c1ccn(C2CCCCO2)n1. The second-order valence-corrected chi connectivity index (χ2v) is 11.2. The molecule has 7 heterocycles. The molecule has 0 saturated carbocycles. The minimum Gasteiger partial charge on any atom is -0.377 e. The fourth-order valence-electron chi connectivity index (χ4n) is 5.95. The van der Waals surface area contributed by atoms with Gasteiger partial charge in [0.2, 0.25) is 0 Å². The molecule has 3 atom stereocenters. The number of pyridine rings is 2.